The molecule has 0 amide bonds. The Kier molecular flexibility index (Phi) is 6.63. The number of aliphatic hydroxyl groups excluding tert-OH is 1. The maximum absolute atomic E-state index is 9.27. The number of rotatable bonds is 7. The van der Waals surface area contributed by atoms with Crippen LogP contribution < -0.4 is 5.73 Å². The fraction of sp³-hybridized carbons (Fsp3) is 0.364. The number of nitrogens with two attached hydrogens (primary N) is 1. The van der Waals surface area contributed by atoms with Crippen LogP contribution in [-0.4, -0.2) is 36.2 Å². The molecule has 3 N–H and O–H groups in total. The maximum atomic E-state index is 9.27. The van der Waals surface area contributed by atoms with Crippen LogP contribution in [0.4, 0.5) is 5.69 Å². The summed E-state index contributed by atoms with van der Waals surface area (Å²) in [6, 6.07) is 15.5. The van der Waals surface area contributed by atoms with Crippen molar-refractivity contribution in [3.05, 3.63) is 77.9 Å². The molecule has 0 spiro atoms. The van der Waals surface area contributed by atoms with E-state index >= 15 is 0 Å². The lowest BCUT2D eigenvalue weighted by Crippen LogP contribution is -2.37. The van der Waals surface area contributed by atoms with Gasteiger partial charge in [0.05, 0.1) is 18.8 Å². The summed E-state index contributed by atoms with van der Waals surface area (Å²) in [6.07, 6.45) is 2.13. The van der Waals surface area contributed by atoms with Crippen LogP contribution in [-0.2, 0) is 16.1 Å². The van der Waals surface area contributed by atoms with E-state index in [1.165, 1.54) is 0 Å². The van der Waals surface area contributed by atoms with Gasteiger partial charge in [-0.05, 0) is 30.3 Å². The van der Waals surface area contributed by atoms with E-state index in [-0.39, 0.29) is 18.8 Å². The highest BCUT2D eigenvalue weighted by atomic mass is 16.7. The van der Waals surface area contributed by atoms with Gasteiger partial charge in [0, 0.05) is 30.8 Å². The van der Waals surface area contributed by atoms with Crippen molar-refractivity contribution in [1.82, 2.24) is 4.90 Å². The SMILES string of the molecule is C=CCN(C)C[C@@H]1C[C@H](c2ccc(CO)cc2)O[C@H](c2cccc(N)c2)O1. The summed E-state index contributed by atoms with van der Waals surface area (Å²) in [5, 5.41) is 9.27. The van der Waals surface area contributed by atoms with E-state index in [9.17, 15) is 5.11 Å². The zero-order valence-corrected chi connectivity index (χ0v) is 15.8. The Morgan fingerprint density at radius 1 is 1.19 bits per heavy atom. The van der Waals surface area contributed by atoms with Crippen LogP contribution in [0.2, 0.25) is 0 Å². The third-order valence-electron chi connectivity index (χ3n) is 4.75. The second-order valence-corrected chi connectivity index (χ2v) is 7.03. The zero-order chi connectivity index (χ0) is 19.2. The van der Waals surface area contributed by atoms with Crippen LogP contribution in [0.3, 0.4) is 0 Å². The van der Waals surface area contributed by atoms with Gasteiger partial charge in [-0.15, -0.1) is 6.58 Å². The number of likely N-dealkylation sites (N-methyl/N-ethyl adjacent to an activating group) is 1. The Morgan fingerprint density at radius 2 is 1.96 bits per heavy atom. The molecule has 0 aromatic heterocycles. The molecule has 0 radical (unpaired) electrons. The van der Waals surface area contributed by atoms with E-state index in [2.05, 4.69) is 18.5 Å². The first kappa shape index (κ1) is 19.6. The topological polar surface area (TPSA) is 68.0 Å². The van der Waals surface area contributed by atoms with Gasteiger partial charge in [0.15, 0.2) is 6.29 Å². The quantitative estimate of drug-likeness (QED) is 0.579. The lowest BCUT2D eigenvalue weighted by atomic mass is 9.99. The fourth-order valence-corrected chi connectivity index (χ4v) is 3.38. The smallest absolute Gasteiger partial charge is 0.185 e. The van der Waals surface area contributed by atoms with Crippen LogP contribution >= 0.6 is 0 Å². The molecule has 2 aromatic carbocycles. The molecule has 3 rings (SSSR count). The zero-order valence-electron chi connectivity index (χ0n) is 15.8. The molecule has 5 heteroatoms. The predicted octanol–water partition coefficient (Wildman–Crippen LogP) is 3.42. The van der Waals surface area contributed by atoms with Gasteiger partial charge in [0.1, 0.15) is 0 Å². The molecular formula is C22H28N2O3. The largest absolute Gasteiger partial charge is 0.399 e. The first-order chi connectivity index (χ1) is 13.1. The normalized spacial score (nSPS) is 22.7. The number of benzene rings is 2. The van der Waals surface area contributed by atoms with Crippen LogP contribution in [0, 0.1) is 0 Å². The van der Waals surface area contributed by atoms with Gasteiger partial charge in [0.25, 0.3) is 0 Å². The molecule has 1 saturated heterocycles. The summed E-state index contributed by atoms with van der Waals surface area (Å²) in [5.41, 5.74) is 9.53. The lowest BCUT2D eigenvalue weighted by Gasteiger charge is -2.37. The predicted molar refractivity (Wildman–Crippen MR) is 107 cm³/mol. The van der Waals surface area contributed by atoms with Crippen molar-refractivity contribution in [2.75, 3.05) is 25.9 Å². The number of hydrogen-bond acceptors (Lipinski definition) is 5. The Bertz CT molecular complexity index is 747. The number of ether oxygens (including phenoxy) is 2. The highest BCUT2D eigenvalue weighted by Crippen LogP contribution is 2.38. The van der Waals surface area contributed by atoms with Crippen molar-refractivity contribution >= 4 is 5.69 Å². The average Bonchev–Trinajstić information content (AvgIpc) is 2.68. The minimum absolute atomic E-state index is 0.0256. The van der Waals surface area contributed by atoms with Crippen molar-refractivity contribution in [1.29, 1.82) is 0 Å². The molecule has 1 heterocycles. The van der Waals surface area contributed by atoms with Gasteiger partial charge in [-0.1, -0.05) is 42.5 Å². The van der Waals surface area contributed by atoms with E-state index in [1.807, 2.05) is 54.6 Å². The first-order valence-electron chi connectivity index (χ1n) is 9.24. The Morgan fingerprint density at radius 3 is 2.63 bits per heavy atom. The second kappa shape index (κ2) is 9.15. The third-order valence-corrected chi connectivity index (χ3v) is 4.75. The van der Waals surface area contributed by atoms with E-state index in [0.29, 0.717) is 5.69 Å². The number of nitrogens with zero attached hydrogens (tertiary/aromatic N) is 1. The monoisotopic (exact) mass is 368 g/mol. The summed E-state index contributed by atoms with van der Waals surface area (Å²) in [6.45, 7) is 5.44. The third kappa shape index (κ3) is 5.17. The Hall–Kier alpha value is -2.18. The fourth-order valence-electron chi connectivity index (χ4n) is 3.38. The molecule has 0 aliphatic carbocycles. The van der Waals surface area contributed by atoms with Crippen molar-refractivity contribution in [2.45, 2.75) is 31.5 Å². The van der Waals surface area contributed by atoms with Gasteiger partial charge < -0.3 is 25.2 Å². The van der Waals surface area contributed by atoms with Crippen LogP contribution in [0.15, 0.2) is 61.2 Å². The molecular weight excluding hydrogens is 340 g/mol. The number of nitrogen functional groups attached to an aromatic ring is 1. The molecule has 1 fully saturated rings. The van der Waals surface area contributed by atoms with Crippen molar-refractivity contribution < 1.29 is 14.6 Å². The molecule has 5 nitrogen and oxygen atoms in total. The molecule has 0 saturated carbocycles. The van der Waals surface area contributed by atoms with Gasteiger partial charge in [-0.3, -0.25) is 0 Å². The Labute approximate surface area is 161 Å². The summed E-state index contributed by atoms with van der Waals surface area (Å²) in [5.74, 6) is 0. The highest BCUT2D eigenvalue weighted by molar-refractivity contribution is 5.41. The van der Waals surface area contributed by atoms with Gasteiger partial charge in [-0.2, -0.15) is 0 Å². The average molecular weight is 368 g/mol. The van der Waals surface area contributed by atoms with E-state index < -0.39 is 6.29 Å². The summed E-state index contributed by atoms with van der Waals surface area (Å²) in [7, 11) is 2.06. The molecule has 1 aliphatic rings. The lowest BCUT2D eigenvalue weighted by molar-refractivity contribution is -0.252. The number of anilines is 1. The minimum atomic E-state index is -0.466. The van der Waals surface area contributed by atoms with Crippen LogP contribution in [0.1, 0.15) is 35.5 Å². The molecule has 1 aliphatic heterocycles. The summed E-state index contributed by atoms with van der Waals surface area (Å²) < 4.78 is 12.5. The van der Waals surface area contributed by atoms with Gasteiger partial charge in [-0.25, -0.2) is 0 Å². The molecule has 3 atom stereocenters. The number of hydrogen-bond donors (Lipinski definition) is 2. The highest BCUT2D eigenvalue weighted by Gasteiger charge is 2.32. The first-order valence-corrected chi connectivity index (χ1v) is 9.24. The van der Waals surface area contributed by atoms with Crippen molar-refractivity contribution in [3.63, 3.8) is 0 Å². The van der Waals surface area contributed by atoms with Crippen molar-refractivity contribution in [2.24, 2.45) is 0 Å². The van der Waals surface area contributed by atoms with Gasteiger partial charge in [0.2, 0.25) is 0 Å². The maximum Gasteiger partial charge on any atom is 0.185 e. The molecule has 27 heavy (non-hydrogen) atoms. The summed E-state index contributed by atoms with van der Waals surface area (Å²) >= 11 is 0. The van der Waals surface area contributed by atoms with E-state index in [4.69, 9.17) is 15.2 Å². The Balaban J connectivity index is 1.82. The van der Waals surface area contributed by atoms with Crippen LogP contribution in [0.5, 0.6) is 0 Å². The summed E-state index contributed by atoms with van der Waals surface area (Å²) in [4.78, 5) is 2.19. The van der Waals surface area contributed by atoms with E-state index in [0.717, 1.165) is 36.2 Å². The second-order valence-electron chi connectivity index (χ2n) is 7.03. The number of aliphatic hydroxyl groups is 1. The van der Waals surface area contributed by atoms with Gasteiger partial charge >= 0.3 is 0 Å². The molecule has 0 bridgehead atoms. The molecule has 144 valence electrons. The molecule has 2 aromatic rings. The molecule has 0 unspecified atom stereocenters. The van der Waals surface area contributed by atoms with Crippen LogP contribution in [0.25, 0.3) is 0 Å². The standard InChI is InChI=1S/C22H28N2O3/c1-3-11-24(2)14-20-13-21(17-9-7-16(15-25)8-10-17)27-22(26-20)18-5-4-6-19(23)12-18/h3-10,12,20-22,25H,1,11,13-15,23H2,2H3/t20-,21+,22+/m0/s1. The minimum Gasteiger partial charge on any atom is -0.399 e. The van der Waals surface area contributed by atoms with E-state index in [1.54, 1.807) is 0 Å². The van der Waals surface area contributed by atoms with Crippen molar-refractivity contribution in [3.8, 4) is 0 Å².